The maximum Gasteiger partial charge on any atom is 0.156 e. The first-order valence-electron chi connectivity index (χ1n) is 5.51. The Balaban J connectivity index is 2.56. The van der Waals surface area contributed by atoms with Crippen LogP contribution in [-0.4, -0.2) is 21.3 Å². The lowest BCUT2D eigenvalue weighted by Crippen LogP contribution is -2.10. The lowest BCUT2D eigenvalue weighted by atomic mass is 10.2. The zero-order chi connectivity index (χ0) is 12.4. The highest BCUT2D eigenvalue weighted by Crippen LogP contribution is 2.23. The Morgan fingerprint density at radius 2 is 2.18 bits per heavy atom. The van der Waals surface area contributed by atoms with Gasteiger partial charge in [0.05, 0.1) is 16.4 Å². The van der Waals surface area contributed by atoms with Gasteiger partial charge in [-0.15, -0.1) is 0 Å². The lowest BCUT2D eigenvalue weighted by Gasteiger charge is -2.08. The van der Waals surface area contributed by atoms with Gasteiger partial charge in [-0.3, -0.25) is 0 Å². The zero-order valence-corrected chi connectivity index (χ0v) is 10.7. The molecule has 5 heteroatoms. The van der Waals surface area contributed by atoms with E-state index in [4.69, 9.17) is 17.3 Å². The molecule has 0 saturated heterocycles. The van der Waals surface area contributed by atoms with Crippen molar-refractivity contribution in [2.45, 2.75) is 20.3 Å². The molecule has 4 nitrogen and oxygen atoms in total. The number of nitrogens with zero attached hydrogens (tertiary/aromatic N) is 3. The summed E-state index contributed by atoms with van der Waals surface area (Å²) in [4.78, 5) is 4.37. The average molecular weight is 251 g/mol. The lowest BCUT2D eigenvalue weighted by molar-refractivity contribution is 0.785. The van der Waals surface area contributed by atoms with Gasteiger partial charge in [0.15, 0.2) is 5.82 Å². The van der Waals surface area contributed by atoms with Crippen molar-refractivity contribution in [2.24, 2.45) is 5.73 Å². The predicted octanol–water partition coefficient (Wildman–Crippen LogP) is 2.04. The molecule has 0 bridgehead atoms. The first kappa shape index (κ1) is 12.1. The van der Waals surface area contributed by atoms with Crippen molar-refractivity contribution in [1.82, 2.24) is 14.8 Å². The van der Waals surface area contributed by atoms with Crippen LogP contribution in [0.3, 0.4) is 0 Å². The van der Waals surface area contributed by atoms with Crippen LogP contribution in [0, 0.1) is 13.8 Å². The number of hydrogen-bond acceptors (Lipinski definition) is 3. The fourth-order valence-corrected chi connectivity index (χ4v) is 1.92. The van der Waals surface area contributed by atoms with Gasteiger partial charge in [-0.2, -0.15) is 5.10 Å². The van der Waals surface area contributed by atoms with Crippen molar-refractivity contribution >= 4 is 11.6 Å². The SMILES string of the molecule is Cc1nn(-c2ncccc2CCN)c(C)c1Cl. The van der Waals surface area contributed by atoms with Crippen molar-refractivity contribution in [3.8, 4) is 5.82 Å². The molecule has 0 amide bonds. The van der Waals surface area contributed by atoms with Crippen LogP contribution >= 0.6 is 11.6 Å². The monoisotopic (exact) mass is 250 g/mol. The number of nitrogens with two attached hydrogens (primary N) is 1. The zero-order valence-electron chi connectivity index (χ0n) is 9.94. The molecular weight excluding hydrogens is 236 g/mol. The third kappa shape index (κ3) is 2.18. The van der Waals surface area contributed by atoms with Crippen LogP contribution in [0.2, 0.25) is 5.02 Å². The number of halogens is 1. The average Bonchev–Trinajstić information content (AvgIpc) is 2.58. The molecule has 2 N–H and O–H groups in total. The van der Waals surface area contributed by atoms with Crippen molar-refractivity contribution in [3.05, 3.63) is 40.3 Å². The smallest absolute Gasteiger partial charge is 0.156 e. The number of aryl methyl sites for hydroxylation is 1. The van der Waals surface area contributed by atoms with Crippen molar-refractivity contribution < 1.29 is 0 Å². The fourth-order valence-electron chi connectivity index (χ4n) is 1.80. The van der Waals surface area contributed by atoms with Gasteiger partial charge in [0.25, 0.3) is 0 Å². The van der Waals surface area contributed by atoms with Crippen LogP contribution in [0.4, 0.5) is 0 Å². The highest BCUT2D eigenvalue weighted by atomic mass is 35.5. The minimum Gasteiger partial charge on any atom is -0.330 e. The van der Waals surface area contributed by atoms with Crippen molar-refractivity contribution in [3.63, 3.8) is 0 Å². The second-order valence-electron chi connectivity index (χ2n) is 3.92. The highest BCUT2D eigenvalue weighted by Gasteiger charge is 2.13. The van der Waals surface area contributed by atoms with Crippen molar-refractivity contribution in [1.29, 1.82) is 0 Å². The van der Waals surface area contributed by atoms with Crippen LogP contribution < -0.4 is 5.73 Å². The van der Waals surface area contributed by atoms with Crippen LogP contribution in [0.1, 0.15) is 17.0 Å². The quantitative estimate of drug-likeness (QED) is 0.907. The van der Waals surface area contributed by atoms with Gasteiger partial charge in [-0.25, -0.2) is 9.67 Å². The largest absolute Gasteiger partial charge is 0.330 e. The van der Waals surface area contributed by atoms with Gasteiger partial charge in [-0.05, 0) is 38.4 Å². The molecule has 2 aromatic rings. The molecule has 0 atom stereocenters. The molecule has 90 valence electrons. The molecule has 0 saturated carbocycles. The third-order valence-corrected chi connectivity index (χ3v) is 3.23. The normalized spacial score (nSPS) is 10.8. The molecule has 17 heavy (non-hydrogen) atoms. The summed E-state index contributed by atoms with van der Waals surface area (Å²) in [7, 11) is 0. The van der Waals surface area contributed by atoms with E-state index in [1.54, 1.807) is 10.9 Å². The summed E-state index contributed by atoms with van der Waals surface area (Å²) in [6, 6.07) is 3.92. The van der Waals surface area contributed by atoms with Crippen LogP contribution in [-0.2, 0) is 6.42 Å². The van der Waals surface area contributed by atoms with E-state index in [2.05, 4.69) is 10.1 Å². The fraction of sp³-hybridized carbons (Fsp3) is 0.333. The molecular formula is C12H15ClN4. The van der Waals surface area contributed by atoms with E-state index in [9.17, 15) is 0 Å². The molecule has 0 fully saturated rings. The van der Waals surface area contributed by atoms with Crippen LogP contribution in [0.15, 0.2) is 18.3 Å². The van der Waals surface area contributed by atoms with Gasteiger partial charge in [0, 0.05) is 6.20 Å². The Bertz CT molecular complexity index is 533. The summed E-state index contributed by atoms with van der Waals surface area (Å²) in [5.74, 6) is 0.811. The molecule has 0 aromatic carbocycles. The van der Waals surface area contributed by atoms with E-state index in [0.29, 0.717) is 11.6 Å². The van der Waals surface area contributed by atoms with E-state index in [0.717, 1.165) is 29.2 Å². The van der Waals surface area contributed by atoms with Crippen LogP contribution in [0.5, 0.6) is 0 Å². The third-order valence-electron chi connectivity index (χ3n) is 2.68. The maximum atomic E-state index is 6.14. The molecule has 0 spiro atoms. The minimum atomic E-state index is 0.589. The van der Waals surface area contributed by atoms with E-state index < -0.39 is 0 Å². The molecule has 2 aromatic heterocycles. The predicted molar refractivity (Wildman–Crippen MR) is 68.6 cm³/mol. The molecule has 0 aliphatic rings. The topological polar surface area (TPSA) is 56.7 Å². The first-order valence-corrected chi connectivity index (χ1v) is 5.89. The molecule has 0 aliphatic heterocycles. The van der Waals surface area contributed by atoms with Gasteiger partial charge in [0.2, 0.25) is 0 Å². The summed E-state index contributed by atoms with van der Waals surface area (Å²) in [6.45, 7) is 4.41. The highest BCUT2D eigenvalue weighted by molar-refractivity contribution is 6.31. The number of hydrogen-bond donors (Lipinski definition) is 1. The molecule has 2 heterocycles. The Morgan fingerprint density at radius 1 is 1.41 bits per heavy atom. The second-order valence-corrected chi connectivity index (χ2v) is 4.30. The van der Waals surface area contributed by atoms with E-state index in [1.165, 1.54) is 0 Å². The van der Waals surface area contributed by atoms with Gasteiger partial charge in [0.1, 0.15) is 0 Å². The summed E-state index contributed by atoms with van der Waals surface area (Å²) >= 11 is 6.14. The molecule has 0 unspecified atom stereocenters. The Kier molecular flexibility index (Phi) is 3.45. The first-order chi connectivity index (χ1) is 8.15. The number of rotatable bonds is 3. The summed E-state index contributed by atoms with van der Waals surface area (Å²) in [5, 5.41) is 5.09. The van der Waals surface area contributed by atoms with E-state index in [1.807, 2.05) is 26.0 Å². The second kappa shape index (κ2) is 4.85. The maximum absolute atomic E-state index is 6.14. The van der Waals surface area contributed by atoms with Crippen LogP contribution in [0.25, 0.3) is 5.82 Å². The molecule has 0 aliphatic carbocycles. The molecule has 0 radical (unpaired) electrons. The van der Waals surface area contributed by atoms with Crippen molar-refractivity contribution in [2.75, 3.05) is 6.54 Å². The standard InChI is InChI=1S/C12H15ClN4/c1-8-11(13)9(2)17(16-8)12-10(5-6-14)4-3-7-15-12/h3-4,7H,5-6,14H2,1-2H3. The van der Waals surface area contributed by atoms with E-state index in [-0.39, 0.29) is 0 Å². The number of aromatic nitrogens is 3. The Labute approximate surface area is 105 Å². The van der Waals surface area contributed by atoms with Gasteiger partial charge >= 0.3 is 0 Å². The van der Waals surface area contributed by atoms with Gasteiger partial charge < -0.3 is 5.73 Å². The summed E-state index contributed by atoms with van der Waals surface area (Å²) < 4.78 is 1.78. The Hall–Kier alpha value is -1.39. The summed E-state index contributed by atoms with van der Waals surface area (Å²) in [5.41, 5.74) is 8.40. The number of pyridine rings is 1. The van der Waals surface area contributed by atoms with E-state index >= 15 is 0 Å². The minimum absolute atomic E-state index is 0.589. The summed E-state index contributed by atoms with van der Waals surface area (Å²) in [6.07, 6.45) is 2.53. The Morgan fingerprint density at radius 3 is 2.76 bits per heavy atom. The molecule has 2 rings (SSSR count). The van der Waals surface area contributed by atoms with Gasteiger partial charge in [-0.1, -0.05) is 17.7 Å².